The highest BCUT2D eigenvalue weighted by atomic mass is 32.2. The lowest BCUT2D eigenvalue weighted by Gasteiger charge is -2.32. The van der Waals surface area contributed by atoms with Gasteiger partial charge in [-0.1, -0.05) is 31.4 Å². The summed E-state index contributed by atoms with van der Waals surface area (Å²) in [6, 6.07) is 5.42. The van der Waals surface area contributed by atoms with Crippen LogP contribution in [-0.2, 0) is 14.8 Å². The van der Waals surface area contributed by atoms with Crippen LogP contribution in [0.15, 0.2) is 29.2 Å². The number of nitrogens with one attached hydrogen (secondary N) is 1. The maximum Gasteiger partial charge on any atom is 0.289 e. The summed E-state index contributed by atoms with van der Waals surface area (Å²) in [5, 5.41) is 11.2. The molecule has 0 atom stereocenters. The number of carbonyl (C=O) groups excluding carboxylic acids is 1. The van der Waals surface area contributed by atoms with E-state index in [0.29, 0.717) is 19.6 Å². The summed E-state index contributed by atoms with van der Waals surface area (Å²) in [7, 11) is -3.94. The lowest BCUT2D eigenvalue weighted by atomic mass is 10.1. The molecule has 10 heteroatoms. The topological polar surface area (TPSA) is 105 Å². The van der Waals surface area contributed by atoms with Crippen LogP contribution in [0.5, 0.6) is 0 Å². The molecule has 2 heterocycles. The molecular weight excluding hydrogens is 396 g/mol. The van der Waals surface area contributed by atoms with Gasteiger partial charge in [0.1, 0.15) is 0 Å². The number of hydrogen-bond donors (Lipinski definition) is 1. The van der Waals surface area contributed by atoms with Crippen molar-refractivity contribution in [3.63, 3.8) is 0 Å². The van der Waals surface area contributed by atoms with E-state index in [1.807, 2.05) is 4.90 Å². The molecule has 1 aromatic rings. The molecule has 3 rings (SSSR count). The van der Waals surface area contributed by atoms with Crippen molar-refractivity contribution >= 4 is 21.6 Å². The van der Waals surface area contributed by atoms with Crippen LogP contribution in [0.3, 0.4) is 0 Å². The molecule has 1 N–H and O–H groups in total. The Morgan fingerprint density at radius 3 is 2.21 bits per heavy atom. The molecule has 0 bridgehead atoms. The molecule has 0 radical (unpaired) electrons. The highest BCUT2D eigenvalue weighted by Gasteiger charge is 2.35. The number of quaternary nitrogens is 1. The van der Waals surface area contributed by atoms with Gasteiger partial charge in [-0.3, -0.25) is 14.9 Å². The number of carbonyl (C=O) groups is 1. The average Bonchev–Trinajstić information content (AvgIpc) is 2.68. The maximum atomic E-state index is 12.9. The molecule has 0 saturated carbocycles. The molecule has 160 valence electrons. The minimum atomic E-state index is -3.94. The average molecular weight is 426 g/mol. The minimum absolute atomic E-state index is 0.136. The molecular formula is C19H29N4O5S+. The molecule has 0 aliphatic carbocycles. The van der Waals surface area contributed by atoms with Gasteiger partial charge in [0.15, 0.2) is 11.4 Å². The second kappa shape index (κ2) is 9.64. The summed E-state index contributed by atoms with van der Waals surface area (Å²) in [4.78, 5) is 25.9. The van der Waals surface area contributed by atoms with Crippen LogP contribution < -0.4 is 4.90 Å². The Hall–Kier alpha value is -2.04. The van der Waals surface area contributed by atoms with E-state index in [9.17, 15) is 23.3 Å². The first-order chi connectivity index (χ1) is 13.9. The van der Waals surface area contributed by atoms with E-state index < -0.39 is 20.6 Å². The number of rotatable bonds is 5. The fourth-order valence-electron chi connectivity index (χ4n) is 4.01. The molecule has 0 spiro atoms. The Morgan fingerprint density at radius 1 is 1.00 bits per heavy atom. The lowest BCUT2D eigenvalue weighted by molar-refractivity contribution is -0.896. The minimum Gasteiger partial charge on any atom is -0.338 e. The van der Waals surface area contributed by atoms with E-state index in [1.165, 1.54) is 47.8 Å². The van der Waals surface area contributed by atoms with Crippen LogP contribution >= 0.6 is 0 Å². The van der Waals surface area contributed by atoms with Gasteiger partial charge in [-0.05, 0) is 18.9 Å². The molecule has 0 aromatic heterocycles. The van der Waals surface area contributed by atoms with Crippen LogP contribution in [0.1, 0.15) is 32.1 Å². The molecule has 1 amide bonds. The van der Waals surface area contributed by atoms with Gasteiger partial charge in [0.2, 0.25) is 10.0 Å². The molecule has 2 fully saturated rings. The fraction of sp³-hybridized carbons (Fsp3) is 0.632. The van der Waals surface area contributed by atoms with E-state index in [-0.39, 0.29) is 23.9 Å². The van der Waals surface area contributed by atoms with Crippen molar-refractivity contribution in [3.8, 4) is 0 Å². The number of nitro benzene ring substituents is 1. The van der Waals surface area contributed by atoms with Gasteiger partial charge in [0, 0.05) is 19.2 Å². The summed E-state index contributed by atoms with van der Waals surface area (Å²) in [6.07, 6.45) is 5.66. The fourth-order valence-corrected chi connectivity index (χ4v) is 5.61. The molecule has 29 heavy (non-hydrogen) atoms. The number of nitro groups is 1. The summed E-state index contributed by atoms with van der Waals surface area (Å²) in [6.45, 7) is 3.51. The van der Waals surface area contributed by atoms with Crippen molar-refractivity contribution in [2.24, 2.45) is 0 Å². The largest absolute Gasteiger partial charge is 0.338 e. The van der Waals surface area contributed by atoms with Crippen LogP contribution in [-0.4, -0.2) is 74.3 Å². The van der Waals surface area contributed by atoms with E-state index >= 15 is 0 Å². The van der Waals surface area contributed by atoms with Gasteiger partial charge in [0.25, 0.3) is 11.6 Å². The van der Waals surface area contributed by atoms with Gasteiger partial charge in [0.05, 0.1) is 31.1 Å². The number of hydrogen-bond acceptors (Lipinski definition) is 5. The number of likely N-dealkylation sites (tertiary alicyclic amines) is 1. The third kappa shape index (κ3) is 5.31. The second-order valence-corrected chi connectivity index (χ2v) is 9.61. The number of benzene rings is 1. The predicted octanol–water partition coefficient (Wildman–Crippen LogP) is 0.277. The predicted molar refractivity (Wildman–Crippen MR) is 107 cm³/mol. The van der Waals surface area contributed by atoms with Crippen molar-refractivity contribution in [1.82, 2.24) is 9.21 Å². The van der Waals surface area contributed by atoms with Crippen molar-refractivity contribution in [1.29, 1.82) is 0 Å². The summed E-state index contributed by atoms with van der Waals surface area (Å²) >= 11 is 0. The van der Waals surface area contributed by atoms with Gasteiger partial charge in [-0.2, -0.15) is 4.31 Å². The highest BCUT2D eigenvalue weighted by Crippen LogP contribution is 2.26. The Labute approximate surface area is 171 Å². The second-order valence-electron chi connectivity index (χ2n) is 7.70. The third-order valence-electron chi connectivity index (χ3n) is 5.72. The Kier molecular flexibility index (Phi) is 7.20. The van der Waals surface area contributed by atoms with Gasteiger partial charge < -0.3 is 9.80 Å². The Morgan fingerprint density at radius 2 is 1.59 bits per heavy atom. The number of sulfonamides is 1. The van der Waals surface area contributed by atoms with Crippen LogP contribution in [0, 0.1) is 10.1 Å². The summed E-state index contributed by atoms with van der Waals surface area (Å²) in [5.74, 6) is 0.136. The van der Waals surface area contributed by atoms with E-state index in [0.717, 1.165) is 30.8 Å². The molecule has 9 nitrogen and oxygen atoms in total. The SMILES string of the molecule is O=C(C[NH+]1CCN(S(=O)(=O)c2ccccc2[N+](=O)[O-])CC1)N1CCCCCCC1. The monoisotopic (exact) mass is 425 g/mol. The van der Waals surface area contributed by atoms with E-state index in [4.69, 9.17) is 0 Å². The van der Waals surface area contributed by atoms with E-state index in [2.05, 4.69) is 0 Å². The smallest absolute Gasteiger partial charge is 0.289 e. The van der Waals surface area contributed by atoms with Crippen LogP contribution in [0.4, 0.5) is 5.69 Å². The van der Waals surface area contributed by atoms with Crippen LogP contribution in [0.2, 0.25) is 0 Å². The molecule has 2 aliphatic heterocycles. The zero-order valence-corrected chi connectivity index (χ0v) is 17.4. The van der Waals surface area contributed by atoms with Crippen molar-refractivity contribution < 1.29 is 23.0 Å². The highest BCUT2D eigenvalue weighted by molar-refractivity contribution is 7.89. The summed E-state index contributed by atoms with van der Waals surface area (Å²) < 4.78 is 27.1. The zero-order valence-electron chi connectivity index (χ0n) is 16.6. The molecule has 1 aromatic carbocycles. The van der Waals surface area contributed by atoms with Crippen molar-refractivity contribution in [2.75, 3.05) is 45.8 Å². The molecule has 0 unspecified atom stereocenters. The Bertz CT molecular complexity index is 829. The normalized spacial score (nSPS) is 20.1. The van der Waals surface area contributed by atoms with Crippen molar-refractivity contribution in [2.45, 2.75) is 37.0 Å². The summed E-state index contributed by atoms with van der Waals surface area (Å²) in [5.41, 5.74) is -0.408. The van der Waals surface area contributed by atoms with Gasteiger partial charge in [-0.25, -0.2) is 8.42 Å². The third-order valence-corrected chi connectivity index (χ3v) is 7.67. The molecule has 2 aliphatic rings. The number of piperazine rings is 1. The first-order valence-corrected chi connectivity index (χ1v) is 11.7. The van der Waals surface area contributed by atoms with Gasteiger partial charge >= 0.3 is 0 Å². The standard InChI is InChI=1S/C19H28N4O5S/c24-19(21-10-6-2-1-3-7-11-21)16-20-12-14-22(15-13-20)29(27,28)18-9-5-4-8-17(18)23(25)26/h4-5,8-9H,1-3,6-7,10-16H2/p+1. The number of para-hydroxylation sites is 1. The van der Waals surface area contributed by atoms with Crippen LogP contribution in [0.25, 0.3) is 0 Å². The van der Waals surface area contributed by atoms with Crippen molar-refractivity contribution in [3.05, 3.63) is 34.4 Å². The quantitative estimate of drug-likeness (QED) is 0.539. The first kappa shape index (κ1) is 21.7. The first-order valence-electron chi connectivity index (χ1n) is 10.2. The Balaban J connectivity index is 1.58. The van der Waals surface area contributed by atoms with E-state index in [1.54, 1.807) is 0 Å². The zero-order chi connectivity index (χ0) is 20.9. The lowest BCUT2D eigenvalue weighted by Crippen LogP contribution is -3.15. The molecule has 2 saturated heterocycles. The maximum absolute atomic E-state index is 12.9. The van der Waals surface area contributed by atoms with Gasteiger partial charge in [-0.15, -0.1) is 0 Å². The number of amides is 1. The number of nitrogens with zero attached hydrogens (tertiary/aromatic N) is 3.